The van der Waals surface area contributed by atoms with Crippen LogP contribution in [0.25, 0.3) is 0 Å². The van der Waals surface area contributed by atoms with Gasteiger partial charge >= 0.3 is 7.32 Å². The smallest absolute Gasteiger partial charge is 0.389 e. The van der Waals surface area contributed by atoms with Crippen LogP contribution in [-0.2, 0) is 14.0 Å². The van der Waals surface area contributed by atoms with Gasteiger partial charge in [-0.3, -0.25) is 0 Å². The van der Waals surface area contributed by atoms with Gasteiger partial charge in [0, 0.05) is 19.3 Å². The topological polar surface area (TPSA) is 27.7 Å². The van der Waals surface area contributed by atoms with E-state index in [1.165, 1.54) is 0 Å². The van der Waals surface area contributed by atoms with Gasteiger partial charge in [-0.05, 0) is 26.7 Å². The fourth-order valence-corrected chi connectivity index (χ4v) is 0.710. The van der Waals surface area contributed by atoms with Gasteiger partial charge in [-0.2, -0.15) is 0 Å². The molecule has 0 unspecified atom stereocenters. The quantitative estimate of drug-likeness (QED) is 0.618. The van der Waals surface area contributed by atoms with Gasteiger partial charge in [-0.15, -0.1) is 0 Å². The van der Waals surface area contributed by atoms with E-state index in [2.05, 4.69) is 13.8 Å². The molecule has 0 aromatic rings. The molecule has 0 saturated carbocycles. The molecule has 0 aliphatic carbocycles. The van der Waals surface area contributed by atoms with Gasteiger partial charge in [0.05, 0.1) is 0 Å². The highest BCUT2D eigenvalue weighted by Gasteiger charge is 2.26. The van der Waals surface area contributed by atoms with E-state index in [0.717, 1.165) is 0 Å². The van der Waals surface area contributed by atoms with Gasteiger partial charge in [0.1, 0.15) is 0 Å². The summed E-state index contributed by atoms with van der Waals surface area (Å²) < 4.78 is 15.9. The van der Waals surface area contributed by atoms with E-state index < -0.39 is 7.32 Å². The fourth-order valence-electron chi connectivity index (χ4n) is 0.710. The Kier molecular flexibility index (Phi) is 5.60. The first kappa shape index (κ1) is 12.9. The second-order valence-electron chi connectivity index (χ2n) is 4.48. The third kappa shape index (κ3) is 8.28. The lowest BCUT2D eigenvalue weighted by atomic mass is 10.1. The molecule has 3 nitrogen and oxygen atoms in total. The van der Waals surface area contributed by atoms with E-state index in [0.29, 0.717) is 12.5 Å². The molecule has 0 atom stereocenters. The first-order valence-corrected chi connectivity index (χ1v) is 4.67. The van der Waals surface area contributed by atoms with E-state index in [1.54, 1.807) is 7.11 Å². The van der Waals surface area contributed by atoms with Gasteiger partial charge in [-0.25, -0.2) is 0 Å². The molecule has 0 radical (unpaired) electrons. The molecule has 0 spiro atoms. The minimum atomic E-state index is -0.553. The average Bonchev–Trinajstić information content (AvgIpc) is 1.95. The minimum absolute atomic E-state index is 0.238. The third-order valence-corrected chi connectivity index (χ3v) is 1.21. The summed E-state index contributed by atoms with van der Waals surface area (Å²) >= 11 is 0. The van der Waals surface area contributed by atoms with E-state index in [4.69, 9.17) is 14.0 Å². The van der Waals surface area contributed by atoms with Crippen LogP contribution >= 0.6 is 0 Å². The fraction of sp³-hybridized carbons (Fsp3) is 1.00. The van der Waals surface area contributed by atoms with Crippen LogP contribution in [0.3, 0.4) is 0 Å². The predicted molar refractivity (Wildman–Crippen MR) is 54.4 cm³/mol. The number of hydrogen-bond donors (Lipinski definition) is 0. The van der Waals surface area contributed by atoms with Crippen LogP contribution < -0.4 is 0 Å². The Labute approximate surface area is 81.9 Å². The van der Waals surface area contributed by atoms with Crippen molar-refractivity contribution in [3.05, 3.63) is 0 Å². The number of hydrogen-bond acceptors (Lipinski definition) is 3. The van der Waals surface area contributed by atoms with Crippen LogP contribution in [0.2, 0.25) is 0 Å². The van der Waals surface area contributed by atoms with Gasteiger partial charge in [-0.1, -0.05) is 13.8 Å². The summed E-state index contributed by atoms with van der Waals surface area (Å²) in [7, 11) is 1.03. The molecule has 0 N–H and O–H groups in total. The average molecular weight is 188 g/mol. The van der Waals surface area contributed by atoms with Crippen molar-refractivity contribution in [3.63, 3.8) is 0 Å². The molecule has 0 aliphatic rings. The van der Waals surface area contributed by atoms with Crippen LogP contribution in [0.4, 0.5) is 0 Å². The Morgan fingerprint density at radius 1 is 1.23 bits per heavy atom. The van der Waals surface area contributed by atoms with E-state index >= 15 is 0 Å². The van der Waals surface area contributed by atoms with Crippen LogP contribution in [0.5, 0.6) is 0 Å². The number of rotatable bonds is 5. The lowest BCUT2D eigenvalue weighted by Gasteiger charge is -2.23. The second-order valence-corrected chi connectivity index (χ2v) is 4.48. The highest BCUT2D eigenvalue weighted by atomic mass is 16.7. The highest BCUT2D eigenvalue weighted by molar-refractivity contribution is 6.36. The summed E-state index contributed by atoms with van der Waals surface area (Å²) in [5.74, 6) is 0.487. The molecule has 0 saturated heterocycles. The second kappa shape index (κ2) is 5.63. The van der Waals surface area contributed by atoms with Crippen molar-refractivity contribution >= 4 is 7.32 Å². The van der Waals surface area contributed by atoms with Crippen molar-refractivity contribution in [3.8, 4) is 0 Å². The zero-order valence-corrected chi connectivity index (χ0v) is 9.59. The normalized spacial score (nSPS) is 12.2. The third-order valence-electron chi connectivity index (χ3n) is 1.21. The molecule has 0 aromatic carbocycles. The maximum atomic E-state index is 5.49. The van der Waals surface area contributed by atoms with Crippen molar-refractivity contribution in [1.29, 1.82) is 0 Å². The van der Waals surface area contributed by atoms with E-state index in [1.807, 2.05) is 20.8 Å². The van der Waals surface area contributed by atoms with E-state index in [-0.39, 0.29) is 5.60 Å². The zero-order valence-electron chi connectivity index (χ0n) is 9.59. The lowest BCUT2D eigenvalue weighted by molar-refractivity contribution is 0.0277. The highest BCUT2D eigenvalue weighted by Crippen LogP contribution is 2.10. The zero-order chi connectivity index (χ0) is 10.5. The summed E-state index contributed by atoms with van der Waals surface area (Å²) in [6, 6.07) is 0. The summed E-state index contributed by atoms with van der Waals surface area (Å²) in [6.45, 7) is 10.7. The van der Waals surface area contributed by atoms with Crippen molar-refractivity contribution < 1.29 is 14.0 Å². The Bertz CT molecular complexity index is 131. The summed E-state index contributed by atoms with van der Waals surface area (Å²) in [4.78, 5) is 0. The molecule has 0 heterocycles. The first-order chi connectivity index (χ1) is 5.85. The summed E-state index contributed by atoms with van der Waals surface area (Å²) in [6.07, 6.45) is 0. The Balaban J connectivity index is 3.76. The molecule has 0 aromatic heterocycles. The van der Waals surface area contributed by atoms with Gasteiger partial charge < -0.3 is 14.0 Å². The van der Waals surface area contributed by atoms with Crippen LogP contribution in [0.15, 0.2) is 0 Å². The molecule has 0 fully saturated rings. The van der Waals surface area contributed by atoms with Crippen LogP contribution in [0, 0.1) is 5.92 Å². The first-order valence-electron chi connectivity index (χ1n) is 4.67. The largest absolute Gasteiger partial charge is 0.639 e. The molecular formula is C9H21BO3. The Morgan fingerprint density at radius 2 is 1.77 bits per heavy atom. The van der Waals surface area contributed by atoms with Gasteiger partial charge in [0.15, 0.2) is 0 Å². The monoisotopic (exact) mass is 188 g/mol. The van der Waals surface area contributed by atoms with Crippen molar-refractivity contribution in [2.45, 2.75) is 40.2 Å². The summed E-state index contributed by atoms with van der Waals surface area (Å²) in [5, 5.41) is 0. The minimum Gasteiger partial charge on any atom is -0.389 e. The molecule has 0 amide bonds. The van der Waals surface area contributed by atoms with E-state index in [9.17, 15) is 0 Å². The predicted octanol–water partition coefficient (Wildman–Crippen LogP) is 2.11. The van der Waals surface area contributed by atoms with Crippen molar-refractivity contribution in [2.24, 2.45) is 5.92 Å². The molecule has 78 valence electrons. The molecule has 13 heavy (non-hydrogen) atoms. The molecular weight excluding hydrogens is 167 g/mol. The maximum Gasteiger partial charge on any atom is 0.639 e. The molecule has 0 bridgehead atoms. The molecule has 4 heteroatoms. The van der Waals surface area contributed by atoms with Gasteiger partial charge in [0.25, 0.3) is 0 Å². The van der Waals surface area contributed by atoms with Crippen LogP contribution in [-0.4, -0.2) is 26.6 Å². The SMILES string of the molecule is COB(OCC(C)C)OC(C)(C)C. The van der Waals surface area contributed by atoms with Crippen molar-refractivity contribution in [2.75, 3.05) is 13.7 Å². The molecule has 0 aliphatic heterocycles. The Morgan fingerprint density at radius 3 is 2.08 bits per heavy atom. The standard InChI is InChI=1S/C9H21BO3/c1-8(2)7-12-10(11-6)13-9(3,4)5/h8H,7H2,1-6H3. The summed E-state index contributed by atoms with van der Waals surface area (Å²) in [5.41, 5.74) is -0.238. The lowest BCUT2D eigenvalue weighted by Crippen LogP contribution is -2.35. The van der Waals surface area contributed by atoms with Crippen molar-refractivity contribution in [1.82, 2.24) is 0 Å². The Hall–Kier alpha value is -0.0551. The maximum absolute atomic E-state index is 5.49. The van der Waals surface area contributed by atoms with Crippen LogP contribution in [0.1, 0.15) is 34.6 Å². The van der Waals surface area contributed by atoms with Gasteiger partial charge in [0.2, 0.25) is 0 Å². The molecule has 0 rings (SSSR count).